The minimum Gasteiger partial charge on any atom is -0.504 e. The predicted octanol–water partition coefficient (Wildman–Crippen LogP) is 2.34. The van der Waals surface area contributed by atoms with E-state index in [2.05, 4.69) is 0 Å². The van der Waals surface area contributed by atoms with E-state index in [1.54, 1.807) is 0 Å². The summed E-state index contributed by atoms with van der Waals surface area (Å²) in [6, 6.07) is 3.76. The number of Topliss-reactive ketones (excluding diaryl/α,β-unsaturated/α-hetero) is 1. The second-order valence-electron chi connectivity index (χ2n) is 2.62. The van der Waals surface area contributed by atoms with Crippen LogP contribution in [0.15, 0.2) is 18.2 Å². The van der Waals surface area contributed by atoms with Crippen molar-refractivity contribution in [2.24, 2.45) is 0 Å². The van der Waals surface area contributed by atoms with E-state index in [1.807, 2.05) is 0 Å². The fraction of sp³-hybridized carbons (Fsp3) is 0.222. The lowest BCUT2D eigenvalue weighted by Crippen LogP contribution is -2.10. The third-order valence-electron chi connectivity index (χ3n) is 1.61. The van der Waals surface area contributed by atoms with Crippen LogP contribution in [0.25, 0.3) is 0 Å². The molecule has 0 spiro atoms. The van der Waals surface area contributed by atoms with E-state index in [1.165, 1.54) is 19.1 Å². The molecule has 0 amide bonds. The van der Waals surface area contributed by atoms with Gasteiger partial charge < -0.3 is 5.11 Å². The van der Waals surface area contributed by atoms with E-state index >= 15 is 0 Å². The molecule has 1 atom stereocenters. The highest BCUT2D eigenvalue weighted by Crippen LogP contribution is 2.22. The standard InChI is InChI=1S/C9H8ClFO2/c1-5(10)8(12)6-3-2-4-7(11)9(6)13/h2-5,13H,1H3. The minimum absolute atomic E-state index is 0.0810. The Hall–Kier alpha value is -1.09. The summed E-state index contributed by atoms with van der Waals surface area (Å²) in [4.78, 5) is 11.3. The maximum absolute atomic E-state index is 12.8. The van der Waals surface area contributed by atoms with Crippen molar-refractivity contribution in [3.63, 3.8) is 0 Å². The molecular weight excluding hydrogens is 195 g/mol. The molecule has 0 aliphatic heterocycles. The summed E-state index contributed by atoms with van der Waals surface area (Å²) in [5.74, 6) is -1.94. The molecule has 0 bridgehead atoms. The van der Waals surface area contributed by atoms with Gasteiger partial charge in [0.05, 0.1) is 10.9 Å². The Labute approximate surface area is 80.0 Å². The number of phenolic OH excluding ortho intramolecular Hbond substituents is 1. The molecular formula is C9H8ClFO2. The average molecular weight is 203 g/mol. The van der Waals surface area contributed by atoms with Crippen LogP contribution in [0.4, 0.5) is 4.39 Å². The average Bonchev–Trinajstić information content (AvgIpc) is 2.08. The van der Waals surface area contributed by atoms with E-state index in [9.17, 15) is 9.18 Å². The van der Waals surface area contributed by atoms with Crippen LogP contribution in [0.1, 0.15) is 17.3 Å². The van der Waals surface area contributed by atoms with Crippen LogP contribution in [0, 0.1) is 5.82 Å². The number of carbonyl (C=O) groups excluding carboxylic acids is 1. The summed E-state index contributed by atoms with van der Waals surface area (Å²) in [5, 5.41) is 8.39. The fourth-order valence-corrected chi connectivity index (χ4v) is 1.05. The van der Waals surface area contributed by atoms with E-state index in [4.69, 9.17) is 16.7 Å². The number of benzene rings is 1. The quantitative estimate of drug-likeness (QED) is 0.591. The second-order valence-corrected chi connectivity index (χ2v) is 3.27. The lowest BCUT2D eigenvalue weighted by atomic mass is 10.1. The first-order valence-corrected chi connectivity index (χ1v) is 4.13. The Morgan fingerprint density at radius 1 is 1.62 bits per heavy atom. The zero-order valence-corrected chi connectivity index (χ0v) is 7.68. The zero-order chi connectivity index (χ0) is 10.0. The molecule has 70 valence electrons. The number of halogens is 2. The molecule has 1 aromatic rings. The number of alkyl halides is 1. The SMILES string of the molecule is CC(Cl)C(=O)c1cccc(F)c1O. The lowest BCUT2D eigenvalue weighted by Gasteiger charge is -2.04. The van der Waals surface area contributed by atoms with Crippen molar-refractivity contribution in [2.45, 2.75) is 12.3 Å². The topological polar surface area (TPSA) is 37.3 Å². The van der Waals surface area contributed by atoms with Crippen LogP contribution >= 0.6 is 11.6 Å². The molecule has 1 aromatic carbocycles. The smallest absolute Gasteiger partial charge is 0.184 e. The van der Waals surface area contributed by atoms with Gasteiger partial charge >= 0.3 is 0 Å². The van der Waals surface area contributed by atoms with Crippen molar-refractivity contribution in [3.05, 3.63) is 29.6 Å². The van der Waals surface area contributed by atoms with Crippen LogP contribution in [0.5, 0.6) is 5.75 Å². The van der Waals surface area contributed by atoms with Gasteiger partial charge in [-0.05, 0) is 19.1 Å². The van der Waals surface area contributed by atoms with Crippen LogP contribution in [0.2, 0.25) is 0 Å². The summed E-state index contributed by atoms with van der Waals surface area (Å²) in [5.41, 5.74) is -0.0810. The number of hydrogen-bond acceptors (Lipinski definition) is 2. The molecule has 4 heteroatoms. The minimum atomic E-state index is -0.817. The molecule has 0 aliphatic rings. The van der Waals surface area contributed by atoms with Gasteiger partial charge in [-0.2, -0.15) is 0 Å². The van der Waals surface area contributed by atoms with Crippen molar-refractivity contribution in [2.75, 3.05) is 0 Å². The Bertz CT molecular complexity index is 336. The number of carbonyl (C=O) groups is 1. The molecule has 0 aliphatic carbocycles. The van der Waals surface area contributed by atoms with E-state index in [0.717, 1.165) is 6.07 Å². The number of hydrogen-bond donors (Lipinski definition) is 1. The van der Waals surface area contributed by atoms with Gasteiger partial charge in [0, 0.05) is 0 Å². The Morgan fingerprint density at radius 2 is 2.23 bits per heavy atom. The van der Waals surface area contributed by atoms with Crippen molar-refractivity contribution in [1.29, 1.82) is 0 Å². The van der Waals surface area contributed by atoms with E-state index < -0.39 is 22.7 Å². The van der Waals surface area contributed by atoms with Crippen LogP contribution < -0.4 is 0 Å². The van der Waals surface area contributed by atoms with Crippen molar-refractivity contribution in [1.82, 2.24) is 0 Å². The largest absolute Gasteiger partial charge is 0.504 e. The number of aromatic hydroxyl groups is 1. The van der Waals surface area contributed by atoms with Gasteiger partial charge in [-0.1, -0.05) is 6.07 Å². The summed E-state index contributed by atoms with van der Waals surface area (Å²) in [7, 11) is 0. The fourth-order valence-electron chi connectivity index (χ4n) is 0.928. The first-order valence-electron chi connectivity index (χ1n) is 3.69. The van der Waals surface area contributed by atoms with Gasteiger partial charge in [0.1, 0.15) is 0 Å². The molecule has 0 saturated carbocycles. The van der Waals surface area contributed by atoms with Gasteiger partial charge in [0.2, 0.25) is 0 Å². The Kier molecular flexibility index (Phi) is 2.88. The Balaban J connectivity index is 3.15. The second kappa shape index (κ2) is 3.75. The summed E-state index contributed by atoms with van der Waals surface area (Å²) >= 11 is 5.50. The molecule has 1 N–H and O–H groups in total. The van der Waals surface area contributed by atoms with Crippen molar-refractivity contribution in [3.8, 4) is 5.75 Å². The summed E-state index contributed by atoms with van der Waals surface area (Å²) < 4.78 is 12.8. The van der Waals surface area contributed by atoms with Crippen LogP contribution in [-0.4, -0.2) is 16.3 Å². The van der Waals surface area contributed by atoms with Crippen LogP contribution in [0.3, 0.4) is 0 Å². The monoisotopic (exact) mass is 202 g/mol. The maximum Gasteiger partial charge on any atom is 0.184 e. The third-order valence-corrected chi connectivity index (χ3v) is 1.81. The van der Waals surface area contributed by atoms with Gasteiger partial charge in [0.15, 0.2) is 17.3 Å². The van der Waals surface area contributed by atoms with Crippen molar-refractivity contribution >= 4 is 17.4 Å². The highest BCUT2D eigenvalue weighted by atomic mass is 35.5. The van der Waals surface area contributed by atoms with Gasteiger partial charge in [0.25, 0.3) is 0 Å². The number of para-hydroxylation sites is 1. The molecule has 1 unspecified atom stereocenters. The molecule has 0 fully saturated rings. The third kappa shape index (κ3) is 1.98. The van der Waals surface area contributed by atoms with E-state index in [-0.39, 0.29) is 5.56 Å². The molecule has 0 saturated heterocycles. The van der Waals surface area contributed by atoms with Gasteiger partial charge in [-0.3, -0.25) is 4.79 Å². The molecule has 0 heterocycles. The highest BCUT2D eigenvalue weighted by Gasteiger charge is 2.17. The molecule has 0 radical (unpaired) electrons. The first kappa shape index (κ1) is 9.99. The van der Waals surface area contributed by atoms with Crippen molar-refractivity contribution < 1.29 is 14.3 Å². The number of phenols is 1. The predicted molar refractivity (Wildman–Crippen MR) is 47.7 cm³/mol. The van der Waals surface area contributed by atoms with Gasteiger partial charge in [-0.15, -0.1) is 11.6 Å². The number of rotatable bonds is 2. The summed E-state index contributed by atoms with van der Waals surface area (Å²) in [6.45, 7) is 1.47. The van der Waals surface area contributed by atoms with Crippen LogP contribution in [-0.2, 0) is 0 Å². The summed E-state index contributed by atoms with van der Waals surface area (Å²) in [6.07, 6.45) is 0. The maximum atomic E-state index is 12.8. The molecule has 0 aromatic heterocycles. The molecule has 13 heavy (non-hydrogen) atoms. The highest BCUT2D eigenvalue weighted by molar-refractivity contribution is 6.33. The first-order chi connectivity index (χ1) is 6.04. The normalized spacial score (nSPS) is 12.5. The van der Waals surface area contributed by atoms with E-state index in [0.29, 0.717) is 0 Å². The Morgan fingerprint density at radius 3 is 2.77 bits per heavy atom. The van der Waals surface area contributed by atoms with Gasteiger partial charge in [-0.25, -0.2) is 4.39 Å². The zero-order valence-electron chi connectivity index (χ0n) is 6.92. The molecule has 1 rings (SSSR count). The lowest BCUT2D eigenvalue weighted by molar-refractivity contribution is 0.0988. The number of ketones is 1. The molecule has 2 nitrogen and oxygen atoms in total.